The van der Waals surface area contributed by atoms with Crippen LogP contribution in [0.15, 0.2) is 23.0 Å². The van der Waals surface area contributed by atoms with Gasteiger partial charge in [-0.2, -0.15) is 0 Å². The molecule has 2 unspecified atom stereocenters. The molecule has 1 N–H and O–H groups in total. The fourth-order valence-corrected chi connectivity index (χ4v) is 6.04. The Morgan fingerprint density at radius 3 is 2.38 bits per heavy atom. The number of alkyl halides is 2. The molecule has 218 valence electrons. The summed E-state index contributed by atoms with van der Waals surface area (Å²) < 4.78 is 38.7. The summed E-state index contributed by atoms with van der Waals surface area (Å²) >= 11 is 0. The van der Waals surface area contributed by atoms with E-state index in [2.05, 4.69) is 10.2 Å². The van der Waals surface area contributed by atoms with E-state index in [0.29, 0.717) is 37.2 Å². The van der Waals surface area contributed by atoms with Crippen molar-refractivity contribution in [1.82, 2.24) is 24.3 Å². The molecule has 0 aliphatic carbocycles. The molecule has 1 aromatic heterocycles. The second kappa shape index (κ2) is 10.2. The highest BCUT2D eigenvalue weighted by atomic mass is 19.3. The van der Waals surface area contributed by atoms with Gasteiger partial charge in [0.2, 0.25) is 11.8 Å². The highest BCUT2D eigenvalue weighted by molar-refractivity contribution is 6.00. The van der Waals surface area contributed by atoms with Crippen molar-refractivity contribution in [2.24, 2.45) is 7.05 Å². The van der Waals surface area contributed by atoms with E-state index in [4.69, 9.17) is 4.74 Å². The van der Waals surface area contributed by atoms with Crippen LogP contribution in [0.25, 0.3) is 11.0 Å². The number of hydrogen-bond donors (Lipinski definition) is 1. The number of hydrogen-bond acceptors (Lipinski definition) is 7. The third kappa shape index (κ3) is 5.18. The molecular formula is C27H36F2N6O5. The number of amides is 3. The zero-order valence-corrected chi connectivity index (χ0v) is 23.3. The topological polar surface area (TPSA) is 109 Å². The maximum Gasteiger partial charge on any atom is 0.410 e. The Bertz CT molecular complexity index is 1390. The second-order valence-electron chi connectivity index (χ2n) is 11.8. The highest BCUT2D eigenvalue weighted by Crippen LogP contribution is 2.34. The number of imidazole rings is 1. The van der Waals surface area contributed by atoms with Gasteiger partial charge in [0.1, 0.15) is 11.6 Å². The smallest absolute Gasteiger partial charge is 0.410 e. The van der Waals surface area contributed by atoms with Crippen LogP contribution in [0.4, 0.5) is 19.3 Å². The van der Waals surface area contributed by atoms with Gasteiger partial charge in [0.05, 0.1) is 29.3 Å². The summed E-state index contributed by atoms with van der Waals surface area (Å²) in [6.07, 6.45) is -0.181. The van der Waals surface area contributed by atoms with Crippen molar-refractivity contribution < 1.29 is 27.9 Å². The third-order valence-corrected chi connectivity index (χ3v) is 7.91. The highest BCUT2D eigenvalue weighted by Gasteiger charge is 2.49. The molecule has 3 saturated heterocycles. The van der Waals surface area contributed by atoms with E-state index in [1.54, 1.807) is 38.8 Å². The number of aryl methyl sites for hydroxylation is 1. The SMILES string of the molecule is Cn1c(=O)n(C2CCC(=O)NC2=O)c2cccc(N3CCN(C4CCN(C(=O)OC(C)(C)C)CC4(F)F)CC3)c21. The average molecular weight is 563 g/mol. The molecule has 3 fully saturated rings. The molecule has 0 spiro atoms. The summed E-state index contributed by atoms with van der Waals surface area (Å²) in [6, 6.07) is 3.71. The van der Waals surface area contributed by atoms with Crippen molar-refractivity contribution in [2.45, 2.75) is 63.6 Å². The Labute approximate surface area is 230 Å². The largest absolute Gasteiger partial charge is 0.444 e. The minimum absolute atomic E-state index is 0.144. The molecule has 40 heavy (non-hydrogen) atoms. The Morgan fingerprint density at radius 1 is 1.05 bits per heavy atom. The average Bonchev–Trinajstić information content (AvgIpc) is 3.12. The number of anilines is 1. The molecule has 3 aliphatic rings. The lowest BCUT2D eigenvalue weighted by atomic mass is 9.98. The van der Waals surface area contributed by atoms with Crippen LogP contribution in [0.2, 0.25) is 0 Å². The first-order valence-electron chi connectivity index (χ1n) is 13.7. The number of benzene rings is 1. The van der Waals surface area contributed by atoms with Gasteiger partial charge in [-0.3, -0.25) is 28.9 Å². The normalized spacial score (nSPS) is 24.4. The van der Waals surface area contributed by atoms with Crippen LogP contribution < -0.4 is 15.9 Å². The van der Waals surface area contributed by atoms with Gasteiger partial charge in [0, 0.05) is 46.2 Å². The molecule has 4 heterocycles. The molecule has 11 nitrogen and oxygen atoms in total. The van der Waals surface area contributed by atoms with Crippen molar-refractivity contribution in [3.63, 3.8) is 0 Å². The molecule has 3 amide bonds. The number of aromatic nitrogens is 2. The summed E-state index contributed by atoms with van der Waals surface area (Å²) in [5.74, 6) is -3.93. The van der Waals surface area contributed by atoms with Gasteiger partial charge in [-0.15, -0.1) is 0 Å². The van der Waals surface area contributed by atoms with Crippen molar-refractivity contribution in [3.05, 3.63) is 28.7 Å². The number of halogens is 2. The van der Waals surface area contributed by atoms with Crippen molar-refractivity contribution >= 4 is 34.6 Å². The van der Waals surface area contributed by atoms with Crippen LogP contribution >= 0.6 is 0 Å². The summed E-state index contributed by atoms with van der Waals surface area (Å²) in [4.78, 5) is 54.7. The van der Waals surface area contributed by atoms with E-state index < -0.39 is 42.2 Å². The van der Waals surface area contributed by atoms with Crippen molar-refractivity contribution in [2.75, 3.05) is 44.2 Å². The van der Waals surface area contributed by atoms with Crippen LogP contribution in [0.5, 0.6) is 0 Å². The Hall–Kier alpha value is -3.48. The predicted octanol–water partition coefficient (Wildman–Crippen LogP) is 2.08. The third-order valence-electron chi connectivity index (χ3n) is 7.91. The zero-order chi connectivity index (χ0) is 29.0. The van der Waals surface area contributed by atoms with Crippen LogP contribution in [0.1, 0.15) is 46.1 Å². The van der Waals surface area contributed by atoms with Gasteiger partial charge in [0.25, 0.3) is 5.92 Å². The number of para-hydroxylation sites is 1. The first-order valence-corrected chi connectivity index (χ1v) is 13.7. The van der Waals surface area contributed by atoms with E-state index in [9.17, 15) is 19.2 Å². The molecule has 5 rings (SSSR count). The maximum absolute atomic E-state index is 15.3. The van der Waals surface area contributed by atoms with Gasteiger partial charge >= 0.3 is 11.8 Å². The molecule has 3 aliphatic heterocycles. The lowest BCUT2D eigenvalue weighted by Gasteiger charge is -2.46. The Morgan fingerprint density at radius 2 is 1.75 bits per heavy atom. The molecule has 13 heteroatoms. The summed E-state index contributed by atoms with van der Waals surface area (Å²) in [5.41, 5.74) is 0.917. The molecule has 0 radical (unpaired) electrons. The number of fused-ring (bicyclic) bond motifs is 1. The number of nitrogens with zero attached hydrogens (tertiary/aromatic N) is 5. The van der Waals surface area contributed by atoms with E-state index in [1.165, 1.54) is 9.13 Å². The number of likely N-dealkylation sites (tertiary alicyclic amines) is 1. The Balaban J connectivity index is 1.31. The first kappa shape index (κ1) is 28.1. The maximum atomic E-state index is 15.3. The fraction of sp³-hybridized carbons (Fsp3) is 0.630. The van der Waals surface area contributed by atoms with E-state index >= 15 is 8.78 Å². The van der Waals surface area contributed by atoms with Gasteiger partial charge in [-0.05, 0) is 45.7 Å². The van der Waals surface area contributed by atoms with Gasteiger partial charge < -0.3 is 14.5 Å². The van der Waals surface area contributed by atoms with Crippen LogP contribution in [-0.4, -0.2) is 93.7 Å². The van der Waals surface area contributed by atoms with E-state index in [1.807, 2.05) is 12.1 Å². The van der Waals surface area contributed by atoms with Crippen LogP contribution in [0, 0.1) is 0 Å². The summed E-state index contributed by atoms with van der Waals surface area (Å²) in [5, 5.41) is 2.32. The summed E-state index contributed by atoms with van der Waals surface area (Å²) in [7, 11) is 1.64. The van der Waals surface area contributed by atoms with Gasteiger partial charge in [0.15, 0.2) is 0 Å². The van der Waals surface area contributed by atoms with Crippen molar-refractivity contribution in [1.29, 1.82) is 0 Å². The van der Waals surface area contributed by atoms with Crippen LogP contribution in [-0.2, 0) is 21.4 Å². The van der Waals surface area contributed by atoms with Gasteiger partial charge in [-0.1, -0.05) is 6.07 Å². The predicted molar refractivity (Wildman–Crippen MR) is 144 cm³/mol. The number of carbonyl (C=O) groups is 3. The van der Waals surface area contributed by atoms with Crippen LogP contribution in [0.3, 0.4) is 0 Å². The number of piperazine rings is 1. The number of piperidine rings is 2. The minimum atomic E-state index is -3.08. The standard InChI is InChI=1S/C27H36F2N6O5/c1-26(2,3)40-25(39)34-11-10-20(27(28,29)16-34)33-14-12-32(13-15-33)17-6-5-7-18-22(17)31(4)24(38)35(18)19-8-9-21(36)30-23(19)37/h5-7,19-20H,8-16H2,1-4H3,(H,30,36,37). The van der Waals surface area contributed by atoms with Crippen molar-refractivity contribution in [3.8, 4) is 0 Å². The minimum Gasteiger partial charge on any atom is -0.444 e. The number of nitrogens with one attached hydrogen (secondary N) is 1. The lowest BCUT2D eigenvalue weighted by molar-refractivity contribution is -0.135. The Kier molecular flexibility index (Phi) is 7.13. The quantitative estimate of drug-likeness (QED) is 0.571. The molecule has 2 atom stereocenters. The van der Waals surface area contributed by atoms with E-state index in [0.717, 1.165) is 10.6 Å². The monoisotopic (exact) mass is 562 g/mol. The number of rotatable bonds is 3. The number of ether oxygens (including phenoxy) is 1. The lowest BCUT2D eigenvalue weighted by Crippen LogP contribution is -2.62. The first-order chi connectivity index (χ1) is 18.8. The zero-order valence-electron chi connectivity index (χ0n) is 23.3. The molecule has 0 bridgehead atoms. The molecule has 0 saturated carbocycles. The number of carbonyl (C=O) groups excluding carboxylic acids is 3. The number of imide groups is 1. The van der Waals surface area contributed by atoms with Gasteiger partial charge in [-0.25, -0.2) is 18.4 Å². The molecular weight excluding hydrogens is 526 g/mol. The fourth-order valence-electron chi connectivity index (χ4n) is 6.04. The molecule has 2 aromatic rings. The van der Waals surface area contributed by atoms with E-state index in [-0.39, 0.29) is 37.4 Å². The second-order valence-corrected chi connectivity index (χ2v) is 11.8. The molecule has 1 aromatic carbocycles. The summed E-state index contributed by atoms with van der Waals surface area (Å²) in [6.45, 7) is 6.37.